The van der Waals surface area contributed by atoms with E-state index in [9.17, 15) is 27.6 Å². The topological polar surface area (TPSA) is 115 Å². The molecule has 4 rings (SSSR count). The van der Waals surface area contributed by atoms with Crippen LogP contribution in [0, 0.1) is 6.92 Å². The monoisotopic (exact) mass is 610 g/mol. The number of para-hydroxylation sites is 1. The van der Waals surface area contributed by atoms with Gasteiger partial charge in [0.15, 0.2) is 0 Å². The first-order valence-electron chi connectivity index (χ1n) is 12.8. The number of carbonyl (C=O) groups excluding carboxylic acids is 3. The maximum Gasteiger partial charge on any atom is 0.416 e. The predicted molar refractivity (Wildman–Crippen MR) is 158 cm³/mol. The Kier molecular flexibility index (Phi) is 9.35. The Morgan fingerprint density at radius 2 is 1.77 bits per heavy atom. The summed E-state index contributed by atoms with van der Waals surface area (Å²) in [6.07, 6.45) is -2.06. The van der Waals surface area contributed by atoms with E-state index >= 15 is 0 Å². The van der Waals surface area contributed by atoms with E-state index in [1.54, 1.807) is 12.1 Å². The van der Waals surface area contributed by atoms with E-state index in [0.29, 0.717) is 16.8 Å². The van der Waals surface area contributed by atoms with Gasteiger partial charge in [-0.25, -0.2) is 4.98 Å². The van der Waals surface area contributed by atoms with E-state index < -0.39 is 36.0 Å². The number of nitrogens with zero attached hydrogens (tertiary/aromatic N) is 2. The number of carbonyl (C=O) groups is 3. The number of benzene rings is 3. The molecule has 3 amide bonds. The minimum absolute atomic E-state index is 0.0266. The number of pyridine rings is 1. The Bertz CT molecular complexity index is 1720. The molecule has 3 N–H and O–H groups in total. The predicted octanol–water partition coefficient (Wildman–Crippen LogP) is 5.69. The highest BCUT2D eigenvalue weighted by Gasteiger charge is 2.30. The lowest BCUT2D eigenvalue weighted by Crippen LogP contribution is -2.38. The van der Waals surface area contributed by atoms with E-state index in [-0.39, 0.29) is 28.4 Å². The van der Waals surface area contributed by atoms with Crippen molar-refractivity contribution < 1.29 is 32.3 Å². The molecule has 0 aliphatic heterocycles. The third-order valence-electron chi connectivity index (χ3n) is 6.49. The number of fused-ring (bicyclic) bond motifs is 1. The first-order chi connectivity index (χ1) is 20.3. The third-order valence-corrected chi connectivity index (χ3v) is 6.84. The Labute approximate surface area is 249 Å². The number of likely N-dealkylation sites (N-methyl/N-ethyl adjacent to an activating group) is 1. The van der Waals surface area contributed by atoms with Gasteiger partial charge in [-0.3, -0.25) is 14.4 Å². The molecule has 0 aliphatic rings. The molecule has 0 saturated carbocycles. The summed E-state index contributed by atoms with van der Waals surface area (Å²) in [5.41, 5.74) is 7.08. The highest BCUT2D eigenvalue weighted by molar-refractivity contribution is 6.32. The van der Waals surface area contributed by atoms with Gasteiger partial charge < -0.3 is 20.7 Å². The average molecular weight is 611 g/mol. The summed E-state index contributed by atoms with van der Waals surface area (Å²) in [6, 6.07) is 16.4. The van der Waals surface area contributed by atoms with Crippen molar-refractivity contribution in [2.75, 3.05) is 18.5 Å². The first kappa shape index (κ1) is 31.0. The molecule has 0 spiro atoms. The summed E-state index contributed by atoms with van der Waals surface area (Å²) in [5.74, 6) is -1.61. The molecule has 0 aliphatic carbocycles. The number of anilines is 1. The largest absolute Gasteiger partial charge is 0.487 e. The fourth-order valence-electron chi connectivity index (χ4n) is 4.22. The van der Waals surface area contributed by atoms with Crippen LogP contribution in [0.4, 0.5) is 18.9 Å². The molecule has 12 heteroatoms. The van der Waals surface area contributed by atoms with E-state index in [1.165, 1.54) is 37.4 Å². The molecule has 4 aromatic rings. The number of ether oxygens (including phenoxy) is 1. The van der Waals surface area contributed by atoms with Gasteiger partial charge in [0, 0.05) is 34.8 Å². The van der Waals surface area contributed by atoms with Gasteiger partial charge in [-0.15, -0.1) is 0 Å². The van der Waals surface area contributed by atoms with Crippen LogP contribution in [0.3, 0.4) is 0 Å². The minimum atomic E-state index is -4.47. The molecule has 8 nitrogen and oxygen atoms in total. The maximum atomic E-state index is 12.9. The van der Waals surface area contributed by atoms with Crippen molar-refractivity contribution >= 4 is 52.0 Å². The number of aromatic nitrogens is 1. The van der Waals surface area contributed by atoms with Crippen LogP contribution >= 0.6 is 11.6 Å². The van der Waals surface area contributed by atoms with Crippen LogP contribution in [0.2, 0.25) is 5.02 Å². The Hall–Kier alpha value is -4.90. The van der Waals surface area contributed by atoms with Gasteiger partial charge in [-0.2, -0.15) is 13.2 Å². The molecular weight excluding hydrogens is 585 g/mol. The van der Waals surface area contributed by atoms with Gasteiger partial charge >= 0.3 is 6.18 Å². The van der Waals surface area contributed by atoms with Gasteiger partial charge in [0.05, 0.1) is 23.4 Å². The molecule has 1 heterocycles. The molecule has 0 atom stereocenters. The summed E-state index contributed by atoms with van der Waals surface area (Å²) >= 11 is 6.43. The summed E-state index contributed by atoms with van der Waals surface area (Å²) in [7, 11) is 1.41. The summed E-state index contributed by atoms with van der Waals surface area (Å²) in [4.78, 5) is 43.4. The van der Waals surface area contributed by atoms with E-state index in [2.05, 4.69) is 10.3 Å². The van der Waals surface area contributed by atoms with Crippen molar-refractivity contribution in [1.29, 1.82) is 0 Å². The number of nitrogens with one attached hydrogen (secondary N) is 1. The van der Waals surface area contributed by atoms with Gasteiger partial charge in [0.25, 0.3) is 5.91 Å². The molecule has 3 aromatic carbocycles. The number of halogens is 4. The highest BCUT2D eigenvalue weighted by Crippen LogP contribution is 2.32. The lowest BCUT2D eigenvalue weighted by molar-refractivity contribution is -0.137. The molecule has 43 heavy (non-hydrogen) atoms. The van der Waals surface area contributed by atoms with Crippen molar-refractivity contribution in [3.05, 3.63) is 106 Å². The standard InChI is InChI=1S/C31H26ClF3N4O4/c1-18-6-10-20-4-3-5-25(29(20)38-18)43-17-22-23(32)13-14-24(28(22)30(36)42)39(2)27(41)16-37-26(40)15-9-19-7-11-21(12-8-19)31(33,34)35/h3-15H,16-17H2,1-2H3,(H2,36,42)(H,37,40). The molecule has 1 aromatic heterocycles. The van der Waals surface area contributed by atoms with Gasteiger partial charge in [-0.1, -0.05) is 41.9 Å². The van der Waals surface area contributed by atoms with Crippen LogP contribution < -0.4 is 20.7 Å². The number of hydrogen-bond acceptors (Lipinski definition) is 5. The van der Waals surface area contributed by atoms with E-state index in [4.69, 9.17) is 22.1 Å². The first-order valence-corrected chi connectivity index (χ1v) is 13.2. The fourth-order valence-corrected chi connectivity index (χ4v) is 4.43. The highest BCUT2D eigenvalue weighted by atomic mass is 35.5. The second-order valence-electron chi connectivity index (χ2n) is 9.48. The van der Waals surface area contributed by atoms with Crippen LogP contribution in [0.25, 0.3) is 17.0 Å². The Morgan fingerprint density at radius 3 is 2.44 bits per heavy atom. The molecular formula is C31H26ClF3N4O4. The van der Waals surface area contributed by atoms with Crippen molar-refractivity contribution in [1.82, 2.24) is 10.3 Å². The molecule has 0 bridgehead atoms. The van der Waals surface area contributed by atoms with Gasteiger partial charge in [-0.05, 0) is 55.0 Å². The van der Waals surface area contributed by atoms with Crippen LogP contribution in [0.15, 0.2) is 72.8 Å². The van der Waals surface area contributed by atoms with Crippen LogP contribution in [0.5, 0.6) is 5.75 Å². The number of primary amides is 1. The second kappa shape index (κ2) is 13.0. The summed E-state index contributed by atoms with van der Waals surface area (Å²) in [5, 5.41) is 3.47. The number of hydrogen-bond donors (Lipinski definition) is 2. The molecule has 222 valence electrons. The van der Waals surface area contributed by atoms with Crippen LogP contribution in [-0.2, 0) is 22.4 Å². The zero-order chi connectivity index (χ0) is 31.3. The molecule has 0 fully saturated rings. The molecule has 0 saturated heterocycles. The quantitative estimate of drug-likeness (QED) is 0.237. The zero-order valence-corrected chi connectivity index (χ0v) is 23.8. The summed E-state index contributed by atoms with van der Waals surface area (Å²) in [6.45, 7) is 1.26. The Morgan fingerprint density at radius 1 is 1.05 bits per heavy atom. The summed E-state index contributed by atoms with van der Waals surface area (Å²) < 4.78 is 44.2. The maximum absolute atomic E-state index is 12.9. The number of amides is 3. The van der Waals surface area contributed by atoms with Crippen molar-refractivity contribution in [3.8, 4) is 5.75 Å². The minimum Gasteiger partial charge on any atom is -0.487 e. The number of rotatable bonds is 9. The zero-order valence-electron chi connectivity index (χ0n) is 23.0. The van der Waals surface area contributed by atoms with E-state index in [0.717, 1.165) is 34.2 Å². The second-order valence-corrected chi connectivity index (χ2v) is 9.88. The lowest BCUT2D eigenvalue weighted by atomic mass is 10.0. The number of alkyl halides is 3. The number of aryl methyl sites for hydroxylation is 1. The van der Waals surface area contributed by atoms with Crippen molar-refractivity contribution in [2.24, 2.45) is 5.73 Å². The van der Waals surface area contributed by atoms with Crippen molar-refractivity contribution in [3.63, 3.8) is 0 Å². The Balaban J connectivity index is 1.46. The molecule has 0 radical (unpaired) electrons. The van der Waals surface area contributed by atoms with Gasteiger partial charge in [0.2, 0.25) is 11.8 Å². The smallest absolute Gasteiger partial charge is 0.416 e. The average Bonchev–Trinajstić information content (AvgIpc) is 2.97. The molecule has 0 unspecified atom stereocenters. The van der Waals surface area contributed by atoms with Crippen LogP contribution in [-0.4, -0.2) is 36.3 Å². The fraction of sp³-hybridized carbons (Fsp3) is 0.161. The van der Waals surface area contributed by atoms with Crippen molar-refractivity contribution in [2.45, 2.75) is 19.7 Å². The normalized spacial score (nSPS) is 11.5. The SMILES string of the molecule is Cc1ccc2cccc(OCc3c(Cl)ccc(N(C)C(=O)CNC(=O)C=Cc4ccc(C(F)(F)F)cc4)c3C(N)=O)c2n1. The van der Waals surface area contributed by atoms with Gasteiger partial charge in [0.1, 0.15) is 17.9 Å². The number of nitrogens with two attached hydrogens (primary N) is 1. The third kappa shape index (κ3) is 7.49. The lowest BCUT2D eigenvalue weighted by Gasteiger charge is -2.22. The van der Waals surface area contributed by atoms with Crippen LogP contribution in [0.1, 0.15) is 32.7 Å². The van der Waals surface area contributed by atoms with E-state index in [1.807, 2.05) is 25.1 Å².